The van der Waals surface area contributed by atoms with Crippen LogP contribution in [0.3, 0.4) is 0 Å². The minimum atomic E-state index is 0.108. The van der Waals surface area contributed by atoms with Crippen LogP contribution in [0.1, 0.15) is 99.5 Å². The third-order valence-corrected chi connectivity index (χ3v) is 9.16. The monoisotopic (exact) mass is 527 g/mol. The molecule has 0 saturated heterocycles. The number of ether oxygens (including phenoxy) is 1. The van der Waals surface area contributed by atoms with Crippen molar-refractivity contribution >= 4 is 11.7 Å². The number of aryl methyl sites for hydroxylation is 1. The van der Waals surface area contributed by atoms with Gasteiger partial charge in [0.05, 0.1) is 7.11 Å². The van der Waals surface area contributed by atoms with Crippen molar-refractivity contribution < 1.29 is 13.9 Å². The highest BCUT2D eigenvalue weighted by Crippen LogP contribution is 2.41. The van der Waals surface area contributed by atoms with Gasteiger partial charge < -0.3 is 9.15 Å². The summed E-state index contributed by atoms with van der Waals surface area (Å²) in [6, 6.07) is 10.6. The van der Waals surface area contributed by atoms with E-state index in [1.807, 2.05) is 23.2 Å². The van der Waals surface area contributed by atoms with Gasteiger partial charge in [0.15, 0.2) is 5.89 Å². The van der Waals surface area contributed by atoms with E-state index in [1.165, 1.54) is 17.5 Å². The molecule has 6 rings (SSSR count). The van der Waals surface area contributed by atoms with Crippen LogP contribution < -0.4 is 9.64 Å². The average Bonchev–Trinajstić information content (AvgIpc) is 3.72. The summed E-state index contributed by atoms with van der Waals surface area (Å²) in [5, 5.41) is 0. The summed E-state index contributed by atoms with van der Waals surface area (Å²) in [6.07, 6.45) is 16.0. The molecular formula is C33H41N3O3. The Balaban J connectivity index is 1.19. The molecule has 206 valence electrons. The normalized spacial score (nSPS) is 22.0. The SMILES string of the molecule is COc1ccc(C2CCC(CN(C(=O)C3CCCCC3)c3cc(-c4coc(C5CC5)n4)ccn3)CC2)cc1C. The quantitative estimate of drug-likeness (QED) is 0.299. The maximum Gasteiger partial charge on any atom is 0.231 e. The highest BCUT2D eigenvalue weighted by molar-refractivity contribution is 5.94. The topological polar surface area (TPSA) is 68.5 Å². The summed E-state index contributed by atoms with van der Waals surface area (Å²) in [5.41, 5.74) is 4.41. The van der Waals surface area contributed by atoms with E-state index in [1.54, 1.807) is 13.4 Å². The smallest absolute Gasteiger partial charge is 0.231 e. The number of pyridine rings is 1. The third-order valence-electron chi connectivity index (χ3n) is 9.16. The van der Waals surface area contributed by atoms with Gasteiger partial charge in [-0.25, -0.2) is 9.97 Å². The van der Waals surface area contributed by atoms with Crippen molar-refractivity contribution in [3.63, 3.8) is 0 Å². The molecule has 6 nitrogen and oxygen atoms in total. The third kappa shape index (κ3) is 5.90. The second-order valence-corrected chi connectivity index (χ2v) is 12.0. The van der Waals surface area contributed by atoms with Crippen LogP contribution in [0.15, 0.2) is 47.2 Å². The summed E-state index contributed by atoms with van der Waals surface area (Å²) < 4.78 is 11.2. The lowest BCUT2D eigenvalue weighted by Gasteiger charge is -2.35. The molecule has 0 atom stereocenters. The average molecular weight is 528 g/mol. The van der Waals surface area contributed by atoms with Crippen LogP contribution >= 0.6 is 0 Å². The van der Waals surface area contributed by atoms with Crippen LogP contribution in [-0.4, -0.2) is 29.5 Å². The van der Waals surface area contributed by atoms with E-state index >= 15 is 0 Å². The number of benzene rings is 1. The summed E-state index contributed by atoms with van der Waals surface area (Å²) in [5.74, 6) is 4.43. The van der Waals surface area contributed by atoms with Gasteiger partial charge in [0.2, 0.25) is 5.91 Å². The highest BCUT2D eigenvalue weighted by atomic mass is 16.5. The van der Waals surface area contributed by atoms with Gasteiger partial charge in [-0.2, -0.15) is 0 Å². The van der Waals surface area contributed by atoms with Gasteiger partial charge in [-0.1, -0.05) is 31.4 Å². The highest BCUT2D eigenvalue weighted by Gasteiger charge is 2.32. The number of anilines is 1. The van der Waals surface area contributed by atoms with E-state index in [0.29, 0.717) is 17.8 Å². The summed E-state index contributed by atoms with van der Waals surface area (Å²) in [6.45, 7) is 2.86. The molecule has 6 heteroatoms. The number of carbonyl (C=O) groups excluding carboxylic acids is 1. The number of oxazole rings is 1. The van der Waals surface area contributed by atoms with Crippen LogP contribution in [0, 0.1) is 18.8 Å². The zero-order valence-electron chi connectivity index (χ0n) is 23.4. The first-order valence-corrected chi connectivity index (χ1v) is 15.0. The minimum Gasteiger partial charge on any atom is -0.496 e. The molecule has 3 aliphatic carbocycles. The number of amides is 1. The van der Waals surface area contributed by atoms with Gasteiger partial charge in [0.25, 0.3) is 0 Å². The fourth-order valence-corrected chi connectivity index (χ4v) is 6.62. The van der Waals surface area contributed by atoms with Gasteiger partial charge in [-0.3, -0.25) is 9.69 Å². The molecule has 3 saturated carbocycles. The predicted molar refractivity (Wildman–Crippen MR) is 153 cm³/mol. The number of methoxy groups -OCH3 is 1. The van der Waals surface area contributed by atoms with Crippen LogP contribution in [0.5, 0.6) is 5.75 Å². The fraction of sp³-hybridized carbons (Fsp3) is 0.545. The first-order chi connectivity index (χ1) is 19.1. The number of hydrogen-bond donors (Lipinski definition) is 0. The van der Waals surface area contributed by atoms with Crippen LogP contribution in [-0.2, 0) is 4.79 Å². The van der Waals surface area contributed by atoms with E-state index in [4.69, 9.17) is 19.1 Å². The van der Waals surface area contributed by atoms with Crippen molar-refractivity contribution in [2.45, 2.75) is 89.4 Å². The van der Waals surface area contributed by atoms with Crippen molar-refractivity contribution in [1.82, 2.24) is 9.97 Å². The maximum atomic E-state index is 13.9. The van der Waals surface area contributed by atoms with Crippen molar-refractivity contribution in [1.29, 1.82) is 0 Å². The van der Waals surface area contributed by atoms with Crippen molar-refractivity contribution in [2.75, 3.05) is 18.6 Å². The Bertz CT molecular complexity index is 1280. The molecule has 1 amide bonds. The summed E-state index contributed by atoms with van der Waals surface area (Å²) in [7, 11) is 1.73. The molecule has 0 aliphatic heterocycles. The van der Waals surface area contributed by atoms with Crippen molar-refractivity contribution in [3.05, 3.63) is 59.8 Å². The Hall–Kier alpha value is -3.15. The van der Waals surface area contributed by atoms with Gasteiger partial charge in [-0.15, -0.1) is 0 Å². The molecule has 3 aliphatic rings. The first-order valence-electron chi connectivity index (χ1n) is 15.0. The Labute approximate surface area is 232 Å². The molecule has 3 aromatic rings. The van der Waals surface area contributed by atoms with Crippen LogP contribution in [0.4, 0.5) is 5.82 Å². The molecule has 0 bridgehead atoms. The van der Waals surface area contributed by atoms with E-state index in [0.717, 1.165) is 99.5 Å². The molecule has 0 spiro atoms. The van der Waals surface area contributed by atoms with Gasteiger partial charge in [-0.05, 0) is 99.5 Å². The molecular weight excluding hydrogens is 486 g/mol. The summed E-state index contributed by atoms with van der Waals surface area (Å²) in [4.78, 5) is 25.4. The molecule has 1 aromatic carbocycles. The molecule has 0 unspecified atom stereocenters. The van der Waals surface area contributed by atoms with Gasteiger partial charge in [0.1, 0.15) is 23.5 Å². The van der Waals surface area contributed by atoms with Gasteiger partial charge in [0, 0.05) is 30.1 Å². The van der Waals surface area contributed by atoms with Crippen LogP contribution in [0.25, 0.3) is 11.3 Å². The first kappa shape index (κ1) is 26.1. The lowest BCUT2D eigenvalue weighted by Crippen LogP contribution is -2.41. The van der Waals surface area contributed by atoms with E-state index in [-0.39, 0.29) is 11.8 Å². The van der Waals surface area contributed by atoms with Crippen LogP contribution in [0.2, 0.25) is 0 Å². The number of rotatable bonds is 8. The van der Waals surface area contributed by atoms with E-state index in [2.05, 4.69) is 25.1 Å². The lowest BCUT2D eigenvalue weighted by atomic mass is 9.78. The Morgan fingerprint density at radius 3 is 2.46 bits per heavy atom. The molecule has 0 N–H and O–H groups in total. The number of hydrogen-bond acceptors (Lipinski definition) is 5. The zero-order valence-corrected chi connectivity index (χ0v) is 23.4. The second-order valence-electron chi connectivity index (χ2n) is 12.0. The molecule has 0 radical (unpaired) electrons. The summed E-state index contributed by atoms with van der Waals surface area (Å²) >= 11 is 0. The molecule has 2 aromatic heterocycles. The second kappa shape index (κ2) is 11.5. The molecule has 2 heterocycles. The largest absolute Gasteiger partial charge is 0.496 e. The molecule has 39 heavy (non-hydrogen) atoms. The predicted octanol–water partition coefficient (Wildman–Crippen LogP) is 7.82. The lowest BCUT2D eigenvalue weighted by molar-refractivity contribution is -0.123. The van der Waals surface area contributed by atoms with Crippen molar-refractivity contribution in [3.8, 4) is 17.0 Å². The fourth-order valence-electron chi connectivity index (χ4n) is 6.62. The van der Waals surface area contributed by atoms with E-state index < -0.39 is 0 Å². The Kier molecular flexibility index (Phi) is 7.71. The Morgan fingerprint density at radius 1 is 0.974 bits per heavy atom. The number of nitrogens with zero attached hydrogens (tertiary/aromatic N) is 3. The standard InChI is InChI=1S/C33H41N3O3/c1-22-18-27(14-15-30(22)38-2)24-10-8-23(9-11-24)20-36(33(37)26-6-4-3-5-7-26)31-19-28(16-17-34-31)29-21-39-32(35-29)25-12-13-25/h14-19,21,23-26H,3-13,20H2,1-2H3. The number of carbonyl (C=O) groups is 1. The Morgan fingerprint density at radius 2 is 1.74 bits per heavy atom. The van der Waals surface area contributed by atoms with E-state index in [9.17, 15) is 4.79 Å². The minimum absolute atomic E-state index is 0.108. The zero-order chi connectivity index (χ0) is 26.8. The van der Waals surface area contributed by atoms with Gasteiger partial charge >= 0.3 is 0 Å². The van der Waals surface area contributed by atoms with Crippen molar-refractivity contribution in [2.24, 2.45) is 11.8 Å². The maximum absolute atomic E-state index is 13.9. The molecule has 3 fully saturated rings. The number of aromatic nitrogens is 2.